The summed E-state index contributed by atoms with van der Waals surface area (Å²) in [4.78, 5) is 15.3. The second kappa shape index (κ2) is 7.03. The van der Waals surface area contributed by atoms with Gasteiger partial charge in [-0.25, -0.2) is 4.98 Å². The first-order valence-electron chi connectivity index (χ1n) is 6.24. The molecule has 2 atom stereocenters. The summed E-state index contributed by atoms with van der Waals surface area (Å²) in [6.45, 7) is 5.51. The van der Waals surface area contributed by atoms with E-state index in [1.54, 1.807) is 20.8 Å². The summed E-state index contributed by atoms with van der Waals surface area (Å²) in [6.07, 6.45) is -4.65. The molecule has 0 radical (unpaired) electrons. The van der Waals surface area contributed by atoms with E-state index >= 15 is 0 Å². The number of carbonyl (C=O) groups excluding carboxylic acids is 1. The van der Waals surface area contributed by atoms with Gasteiger partial charge in [0.25, 0.3) is 0 Å². The fourth-order valence-corrected chi connectivity index (χ4v) is 2.49. The number of carbonyl (C=O) groups is 1. The molecule has 0 fully saturated rings. The molecule has 0 aliphatic carbocycles. The zero-order valence-electron chi connectivity index (χ0n) is 11.5. The number of halogens is 3. The Balaban J connectivity index is 2.76. The number of alkyl halides is 3. The first-order valence-corrected chi connectivity index (χ1v) is 7.12. The molecule has 1 rings (SSSR count). The highest BCUT2D eigenvalue weighted by atomic mass is 32.1. The van der Waals surface area contributed by atoms with E-state index in [4.69, 9.17) is 4.74 Å². The van der Waals surface area contributed by atoms with Crippen LogP contribution in [0.4, 0.5) is 13.2 Å². The average molecular weight is 310 g/mol. The summed E-state index contributed by atoms with van der Waals surface area (Å²) < 4.78 is 42.6. The standard InChI is InChI=1S/C12H17F3N2O2S/c1-4-8(16-10(18)7(3)19-5-2)11-17-9(6-20-11)12(13,14)15/h6-8H,4-5H2,1-3H3,(H,16,18)/t7-,8-/m1/s1. The van der Waals surface area contributed by atoms with Crippen molar-refractivity contribution in [3.8, 4) is 0 Å². The molecule has 4 nitrogen and oxygen atoms in total. The third-order valence-corrected chi connectivity index (χ3v) is 3.58. The quantitative estimate of drug-likeness (QED) is 0.878. The van der Waals surface area contributed by atoms with Crippen molar-refractivity contribution in [3.05, 3.63) is 16.1 Å². The topological polar surface area (TPSA) is 51.2 Å². The van der Waals surface area contributed by atoms with Crippen molar-refractivity contribution in [2.45, 2.75) is 45.5 Å². The summed E-state index contributed by atoms with van der Waals surface area (Å²) in [5, 5.41) is 3.85. The molecule has 0 saturated heterocycles. The molecule has 0 aliphatic rings. The van der Waals surface area contributed by atoms with Crippen molar-refractivity contribution in [2.24, 2.45) is 0 Å². The number of amides is 1. The van der Waals surface area contributed by atoms with Crippen molar-refractivity contribution in [3.63, 3.8) is 0 Å². The van der Waals surface area contributed by atoms with Gasteiger partial charge in [0.05, 0.1) is 6.04 Å². The Hall–Kier alpha value is -1.15. The monoisotopic (exact) mass is 310 g/mol. The summed E-state index contributed by atoms with van der Waals surface area (Å²) in [5.74, 6) is -0.359. The molecule has 0 aromatic carbocycles. The summed E-state index contributed by atoms with van der Waals surface area (Å²) >= 11 is 0.890. The second-order valence-electron chi connectivity index (χ2n) is 4.14. The van der Waals surface area contributed by atoms with Gasteiger partial charge < -0.3 is 10.1 Å². The third-order valence-electron chi connectivity index (χ3n) is 2.62. The minimum absolute atomic E-state index is 0.247. The number of hydrogen-bond acceptors (Lipinski definition) is 4. The number of nitrogens with zero attached hydrogens (tertiary/aromatic N) is 1. The smallest absolute Gasteiger partial charge is 0.369 e. The number of rotatable bonds is 6. The highest BCUT2D eigenvalue weighted by molar-refractivity contribution is 7.09. The molecule has 8 heteroatoms. The van der Waals surface area contributed by atoms with E-state index in [0.717, 1.165) is 16.7 Å². The molecule has 114 valence electrons. The van der Waals surface area contributed by atoms with Gasteiger partial charge in [-0.2, -0.15) is 13.2 Å². The zero-order valence-corrected chi connectivity index (χ0v) is 12.3. The molecule has 0 spiro atoms. The van der Waals surface area contributed by atoms with Crippen molar-refractivity contribution >= 4 is 17.2 Å². The lowest BCUT2D eigenvalue weighted by Gasteiger charge is -2.18. The van der Waals surface area contributed by atoms with Gasteiger partial charge in [-0.15, -0.1) is 11.3 Å². The Labute approximate surface area is 119 Å². The summed E-state index contributed by atoms with van der Waals surface area (Å²) in [7, 11) is 0. The van der Waals surface area contributed by atoms with Crippen molar-refractivity contribution < 1.29 is 22.7 Å². The zero-order chi connectivity index (χ0) is 15.3. The SMILES string of the molecule is CCO[C@H](C)C(=O)N[C@H](CC)c1nc(C(F)(F)F)cs1. The normalized spacial score (nSPS) is 14.9. The minimum atomic E-state index is -4.46. The van der Waals surface area contributed by atoms with E-state index < -0.39 is 24.0 Å². The summed E-state index contributed by atoms with van der Waals surface area (Å²) in [6, 6.07) is -0.536. The lowest BCUT2D eigenvalue weighted by atomic mass is 10.2. The lowest BCUT2D eigenvalue weighted by Crippen LogP contribution is -2.37. The van der Waals surface area contributed by atoms with Gasteiger partial charge in [-0.1, -0.05) is 6.92 Å². The van der Waals surface area contributed by atoms with E-state index in [-0.39, 0.29) is 10.9 Å². The highest BCUT2D eigenvalue weighted by Crippen LogP contribution is 2.32. The largest absolute Gasteiger partial charge is 0.434 e. The minimum Gasteiger partial charge on any atom is -0.369 e. The Bertz CT molecular complexity index is 448. The molecule has 1 aromatic heterocycles. The van der Waals surface area contributed by atoms with Crippen molar-refractivity contribution in [1.29, 1.82) is 0 Å². The number of thiazole rings is 1. The van der Waals surface area contributed by atoms with E-state index in [1.165, 1.54) is 0 Å². The molecule has 1 N–H and O–H groups in total. The van der Waals surface area contributed by atoms with Crippen LogP contribution in [-0.2, 0) is 15.7 Å². The third kappa shape index (κ3) is 4.45. The van der Waals surface area contributed by atoms with Crippen LogP contribution in [0.25, 0.3) is 0 Å². The van der Waals surface area contributed by atoms with Crippen LogP contribution < -0.4 is 5.32 Å². The lowest BCUT2D eigenvalue weighted by molar-refractivity contribution is -0.140. The van der Waals surface area contributed by atoms with Gasteiger partial charge in [0.15, 0.2) is 5.69 Å². The molecule has 1 heterocycles. The Morgan fingerprint density at radius 3 is 2.60 bits per heavy atom. The van der Waals surface area contributed by atoms with Gasteiger partial charge in [0.2, 0.25) is 5.91 Å². The number of hydrogen-bond donors (Lipinski definition) is 1. The van der Waals surface area contributed by atoms with Crippen molar-refractivity contribution in [2.75, 3.05) is 6.61 Å². The molecule has 0 saturated carbocycles. The van der Waals surface area contributed by atoms with Crippen LogP contribution >= 0.6 is 11.3 Å². The van der Waals surface area contributed by atoms with Crippen LogP contribution in [0.3, 0.4) is 0 Å². The molecule has 20 heavy (non-hydrogen) atoms. The maximum Gasteiger partial charge on any atom is 0.434 e. The van der Waals surface area contributed by atoms with E-state index in [2.05, 4.69) is 10.3 Å². The number of aromatic nitrogens is 1. The summed E-state index contributed by atoms with van der Waals surface area (Å²) in [5.41, 5.74) is -0.928. The molecular weight excluding hydrogens is 293 g/mol. The van der Waals surface area contributed by atoms with Crippen LogP contribution in [0.5, 0.6) is 0 Å². The Kier molecular flexibility index (Phi) is 5.94. The molecule has 0 unspecified atom stereocenters. The fourth-order valence-electron chi connectivity index (χ4n) is 1.53. The fraction of sp³-hybridized carbons (Fsp3) is 0.667. The number of nitrogens with one attached hydrogen (secondary N) is 1. The molecular formula is C12H17F3N2O2S. The number of ether oxygens (including phenoxy) is 1. The van der Waals surface area contributed by atoms with E-state index in [0.29, 0.717) is 13.0 Å². The Morgan fingerprint density at radius 2 is 2.15 bits per heavy atom. The van der Waals surface area contributed by atoms with Crippen LogP contribution in [0.2, 0.25) is 0 Å². The van der Waals surface area contributed by atoms with Gasteiger partial charge in [0, 0.05) is 12.0 Å². The van der Waals surface area contributed by atoms with Crippen LogP contribution in [0, 0.1) is 0 Å². The first kappa shape index (κ1) is 16.9. The van der Waals surface area contributed by atoms with E-state index in [9.17, 15) is 18.0 Å². The van der Waals surface area contributed by atoms with Gasteiger partial charge in [0.1, 0.15) is 11.1 Å². The second-order valence-corrected chi connectivity index (χ2v) is 5.03. The van der Waals surface area contributed by atoms with Crippen LogP contribution in [-0.4, -0.2) is 23.6 Å². The van der Waals surface area contributed by atoms with Crippen molar-refractivity contribution in [1.82, 2.24) is 10.3 Å². The Morgan fingerprint density at radius 1 is 1.50 bits per heavy atom. The van der Waals surface area contributed by atoms with Gasteiger partial charge in [-0.3, -0.25) is 4.79 Å². The van der Waals surface area contributed by atoms with Crippen LogP contribution in [0.1, 0.15) is 43.9 Å². The predicted molar refractivity (Wildman–Crippen MR) is 69.4 cm³/mol. The van der Waals surface area contributed by atoms with Crippen LogP contribution in [0.15, 0.2) is 5.38 Å². The molecule has 0 bridgehead atoms. The first-order chi connectivity index (χ1) is 9.29. The van der Waals surface area contributed by atoms with Gasteiger partial charge >= 0.3 is 6.18 Å². The predicted octanol–water partition coefficient (Wildman–Crippen LogP) is 3.15. The van der Waals surface area contributed by atoms with Gasteiger partial charge in [-0.05, 0) is 20.3 Å². The molecule has 1 amide bonds. The molecule has 1 aromatic rings. The maximum atomic E-state index is 12.5. The highest BCUT2D eigenvalue weighted by Gasteiger charge is 2.34. The van der Waals surface area contributed by atoms with E-state index in [1.807, 2.05) is 0 Å². The maximum absolute atomic E-state index is 12.5. The molecule has 0 aliphatic heterocycles. The average Bonchev–Trinajstić information content (AvgIpc) is 2.85.